The van der Waals surface area contributed by atoms with Gasteiger partial charge in [-0.05, 0) is 18.3 Å². The number of alkyl halides is 2. The molecule has 0 spiro atoms. The molecule has 0 aliphatic heterocycles. The molecule has 2 nitrogen and oxygen atoms in total. The smallest absolute Gasteiger partial charge is 0.315 e. The first kappa shape index (κ1) is 10.4. The Morgan fingerprint density at radius 3 is 2.54 bits per heavy atom. The number of carbonyl (C=O) groups excluding carboxylic acids is 1. The van der Waals surface area contributed by atoms with Gasteiger partial charge in [0.05, 0.1) is 0 Å². The number of nitrogens with one attached hydrogen (secondary N) is 1. The fraction of sp³-hybridized carbons (Fsp3) is 0.889. The molecule has 0 saturated heterocycles. The monoisotopic (exact) mass is 191 g/mol. The number of hydrogen-bond donors (Lipinski definition) is 1. The van der Waals surface area contributed by atoms with Crippen molar-refractivity contribution < 1.29 is 13.6 Å². The van der Waals surface area contributed by atoms with Crippen LogP contribution >= 0.6 is 0 Å². The molecule has 0 bridgehead atoms. The van der Waals surface area contributed by atoms with Crippen molar-refractivity contribution in [3.63, 3.8) is 0 Å². The molecule has 0 aromatic rings. The van der Waals surface area contributed by atoms with Crippen LogP contribution in [0, 0.1) is 5.41 Å². The Morgan fingerprint density at radius 2 is 2.15 bits per heavy atom. The summed E-state index contributed by atoms with van der Waals surface area (Å²) >= 11 is 0. The van der Waals surface area contributed by atoms with Gasteiger partial charge in [0.25, 0.3) is 5.91 Å². The lowest BCUT2D eigenvalue weighted by Gasteiger charge is -2.27. The lowest BCUT2D eigenvalue weighted by Crippen LogP contribution is -2.43. The number of halogens is 2. The Bertz CT molecular complexity index is 204. The second-order valence-corrected chi connectivity index (χ2v) is 4.24. The van der Waals surface area contributed by atoms with E-state index in [0.717, 1.165) is 19.3 Å². The summed E-state index contributed by atoms with van der Waals surface area (Å²) in [5.41, 5.74) is -0.0372. The first-order valence-corrected chi connectivity index (χ1v) is 4.52. The maximum atomic E-state index is 11.9. The van der Waals surface area contributed by atoms with Gasteiger partial charge in [-0.2, -0.15) is 8.78 Å². The average Bonchev–Trinajstić information content (AvgIpc) is 2.30. The number of hydrogen-bond acceptors (Lipinski definition) is 1. The van der Waals surface area contributed by atoms with Gasteiger partial charge < -0.3 is 5.32 Å². The fourth-order valence-electron chi connectivity index (χ4n) is 1.83. The van der Waals surface area contributed by atoms with Crippen molar-refractivity contribution in [2.24, 2.45) is 5.41 Å². The van der Waals surface area contributed by atoms with Crippen molar-refractivity contribution in [2.75, 3.05) is 0 Å². The van der Waals surface area contributed by atoms with E-state index in [-0.39, 0.29) is 11.5 Å². The lowest BCUT2D eigenvalue weighted by atomic mass is 9.87. The SMILES string of the molecule is CC1(C)CCCC1NC(=O)C(F)F. The molecule has 76 valence electrons. The third kappa shape index (κ3) is 2.39. The minimum absolute atomic E-state index is 0.0372. The van der Waals surface area contributed by atoms with Crippen LogP contribution in [-0.2, 0) is 4.79 Å². The molecule has 1 fully saturated rings. The maximum Gasteiger partial charge on any atom is 0.315 e. The van der Waals surface area contributed by atoms with Crippen LogP contribution < -0.4 is 5.32 Å². The average molecular weight is 191 g/mol. The van der Waals surface area contributed by atoms with E-state index >= 15 is 0 Å². The van der Waals surface area contributed by atoms with Crippen LogP contribution in [0.1, 0.15) is 33.1 Å². The summed E-state index contributed by atoms with van der Waals surface area (Å²) < 4.78 is 23.8. The molecule has 0 aromatic carbocycles. The summed E-state index contributed by atoms with van der Waals surface area (Å²) in [6.45, 7) is 3.99. The summed E-state index contributed by atoms with van der Waals surface area (Å²) in [6.07, 6.45) is -0.0928. The molecule has 1 aliphatic carbocycles. The van der Waals surface area contributed by atoms with E-state index in [4.69, 9.17) is 0 Å². The van der Waals surface area contributed by atoms with E-state index in [1.54, 1.807) is 0 Å². The molecule has 1 amide bonds. The Hall–Kier alpha value is -0.670. The van der Waals surface area contributed by atoms with Gasteiger partial charge in [0.2, 0.25) is 0 Å². The summed E-state index contributed by atoms with van der Waals surface area (Å²) in [5.74, 6) is -1.14. The van der Waals surface area contributed by atoms with E-state index in [1.807, 2.05) is 13.8 Å². The molecule has 1 atom stereocenters. The predicted molar refractivity (Wildman–Crippen MR) is 45.6 cm³/mol. The molecule has 1 rings (SSSR count). The highest BCUT2D eigenvalue weighted by molar-refractivity contribution is 5.79. The first-order chi connectivity index (χ1) is 5.93. The largest absolute Gasteiger partial charge is 0.348 e. The lowest BCUT2D eigenvalue weighted by molar-refractivity contribution is -0.133. The standard InChI is InChI=1S/C9H15F2NO/c1-9(2)5-3-4-6(9)12-8(13)7(10)11/h6-7H,3-5H2,1-2H3,(H,12,13). The normalized spacial score (nSPS) is 26.4. The summed E-state index contributed by atoms with van der Waals surface area (Å²) in [6, 6.07) is -0.0889. The molecule has 13 heavy (non-hydrogen) atoms. The Morgan fingerprint density at radius 1 is 1.54 bits per heavy atom. The molecule has 0 aromatic heterocycles. The minimum Gasteiger partial charge on any atom is -0.348 e. The second kappa shape index (κ2) is 3.60. The van der Waals surface area contributed by atoms with Crippen molar-refractivity contribution in [3.05, 3.63) is 0 Å². The van der Waals surface area contributed by atoms with Gasteiger partial charge in [-0.15, -0.1) is 0 Å². The maximum absolute atomic E-state index is 11.9. The molecule has 1 N–H and O–H groups in total. The van der Waals surface area contributed by atoms with E-state index in [2.05, 4.69) is 5.32 Å². The summed E-state index contributed by atoms with van der Waals surface area (Å²) in [5, 5.41) is 2.38. The van der Waals surface area contributed by atoms with Crippen molar-refractivity contribution in [1.82, 2.24) is 5.32 Å². The zero-order chi connectivity index (χ0) is 10.1. The van der Waals surface area contributed by atoms with Crippen molar-refractivity contribution in [1.29, 1.82) is 0 Å². The van der Waals surface area contributed by atoms with Gasteiger partial charge >= 0.3 is 6.43 Å². The second-order valence-electron chi connectivity index (χ2n) is 4.24. The molecule has 1 saturated carbocycles. The number of rotatable bonds is 2. The Kier molecular flexibility index (Phi) is 2.88. The molecule has 1 aliphatic rings. The molecule has 0 radical (unpaired) electrons. The Balaban J connectivity index is 2.50. The fourth-order valence-corrected chi connectivity index (χ4v) is 1.83. The van der Waals surface area contributed by atoms with Gasteiger partial charge in [-0.3, -0.25) is 4.79 Å². The first-order valence-electron chi connectivity index (χ1n) is 4.52. The molecular formula is C9H15F2NO. The summed E-state index contributed by atoms with van der Waals surface area (Å²) in [4.78, 5) is 10.7. The van der Waals surface area contributed by atoms with Crippen molar-refractivity contribution >= 4 is 5.91 Å². The highest BCUT2D eigenvalue weighted by Gasteiger charge is 2.36. The van der Waals surface area contributed by atoms with Crippen LogP contribution in [0.15, 0.2) is 0 Å². The van der Waals surface area contributed by atoms with E-state index in [0.29, 0.717) is 0 Å². The van der Waals surface area contributed by atoms with Crippen LogP contribution in [0.25, 0.3) is 0 Å². The van der Waals surface area contributed by atoms with E-state index in [9.17, 15) is 13.6 Å². The van der Waals surface area contributed by atoms with Crippen LogP contribution in [0.3, 0.4) is 0 Å². The Labute approximate surface area is 76.7 Å². The van der Waals surface area contributed by atoms with E-state index < -0.39 is 12.3 Å². The molecule has 1 unspecified atom stereocenters. The highest BCUT2D eigenvalue weighted by atomic mass is 19.3. The predicted octanol–water partition coefficient (Wildman–Crippen LogP) is 1.95. The quantitative estimate of drug-likeness (QED) is 0.710. The van der Waals surface area contributed by atoms with Crippen molar-refractivity contribution in [3.8, 4) is 0 Å². The van der Waals surface area contributed by atoms with Crippen molar-refractivity contribution in [2.45, 2.75) is 45.6 Å². The van der Waals surface area contributed by atoms with Gasteiger partial charge in [0.15, 0.2) is 0 Å². The summed E-state index contributed by atoms with van der Waals surface area (Å²) in [7, 11) is 0. The van der Waals surface area contributed by atoms with Gasteiger partial charge in [-0.25, -0.2) is 0 Å². The minimum atomic E-state index is -2.89. The molecule has 0 heterocycles. The molecule has 4 heteroatoms. The third-order valence-corrected chi connectivity index (χ3v) is 2.77. The van der Waals surface area contributed by atoms with Crippen LogP contribution in [0.4, 0.5) is 8.78 Å². The zero-order valence-corrected chi connectivity index (χ0v) is 7.94. The third-order valence-electron chi connectivity index (χ3n) is 2.77. The van der Waals surface area contributed by atoms with Crippen LogP contribution in [-0.4, -0.2) is 18.4 Å². The molecular weight excluding hydrogens is 176 g/mol. The number of amides is 1. The van der Waals surface area contributed by atoms with Crippen LogP contribution in [0.2, 0.25) is 0 Å². The topological polar surface area (TPSA) is 29.1 Å². The van der Waals surface area contributed by atoms with Crippen LogP contribution in [0.5, 0.6) is 0 Å². The zero-order valence-electron chi connectivity index (χ0n) is 7.94. The highest BCUT2D eigenvalue weighted by Crippen LogP contribution is 2.37. The van der Waals surface area contributed by atoms with Gasteiger partial charge in [-0.1, -0.05) is 20.3 Å². The van der Waals surface area contributed by atoms with Gasteiger partial charge in [0, 0.05) is 6.04 Å². The van der Waals surface area contributed by atoms with Gasteiger partial charge in [0.1, 0.15) is 0 Å². The van der Waals surface area contributed by atoms with E-state index in [1.165, 1.54) is 0 Å². The number of carbonyl (C=O) groups is 1.